The second kappa shape index (κ2) is 10.9. The van der Waals surface area contributed by atoms with Crippen LogP contribution in [0.4, 0.5) is 0 Å². The SMILES string of the molecule is CCCCCCCN(CCCO)C(=O)CC. The van der Waals surface area contributed by atoms with Gasteiger partial charge < -0.3 is 10.0 Å². The number of unbranched alkanes of at least 4 members (excludes halogenated alkanes) is 4. The van der Waals surface area contributed by atoms with Gasteiger partial charge in [-0.1, -0.05) is 39.5 Å². The summed E-state index contributed by atoms with van der Waals surface area (Å²) in [4.78, 5) is 13.5. The summed E-state index contributed by atoms with van der Waals surface area (Å²) in [5, 5.41) is 8.77. The summed E-state index contributed by atoms with van der Waals surface area (Å²) in [6, 6.07) is 0. The lowest BCUT2D eigenvalue weighted by Gasteiger charge is -2.21. The predicted molar refractivity (Wildman–Crippen MR) is 67.3 cm³/mol. The van der Waals surface area contributed by atoms with Crippen molar-refractivity contribution in [3.8, 4) is 0 Å². The second-order valence-corrected chi connectivity index (χ2v) is 4.23. The highest BCUT2D eigenvalue weighted by Gasteiger charge is 2.09. The summed E-state index contributed by atoms with van der Waals surface area (Å²) in [6.07, 6.45) is 7.38. The molecule has 0 radical (unpaired) electrons. The van der Waals surface area contributed by atoms with Gasteiger partial charge in [0.15, 0.2) is 0 Å². The van der Waals surface area contributed by atoms with E-state index >= 15 is 0 Å². The molecule has 0 aromatic rings. The number of aliphatic hydroxyl groups excluding tert-OH is 1. The van der Waals surface area contributed by atoms with Gasteiger partial charge in [-0.2, -0.15) is 0 Å². The predicted octanol–water partition coefficient (Wildman–Crippen LogP) is 2.58. The van der Waals surface area contributed by atoms with Crippen LogP contribution in [-0.2, 0) is 4.79 Å². The third kappa shape index (κ3) is 7.69. The summed E-state index contributed by atoms with van der Waals surface area (Å²) in [5.74, 6) is 0.212. The van der Waals surface area contributed by atoms with Crippen LogP contribution in [0, 0.1) is 0 Å². The molecule has 0 spiro atoms. The topological polar surface area (TPSA) is 40.5 Å². The molecular formula is C13H27NO2. The fourth-order valence-corrected chi connectivity index (χ4v) is 1.75. The van der Waals surface area contributed by atoms with E-state index in [1.807, 2.05) is 11.8 Å². The highest BCUT2D eigenvalue weighted by atomic mass is 16.3. The van der Waals surface area contributed by atoms with Crippen molar-refractivity contribution in [1.82, 2.24) is 4.90 Å². The number of nitrogens with zero attached hydrogens (tertiary/aromatic N) is 1. The molecule has 0 bridgehead atoms. The largest absolute Gasteiger partial charge is 0.396 e. The number of hydrogen-bond acceptors (Lipinski definition) is 2. The molecule has 3 heteroatoms. The van der Waals surface area contributed by atoms with Crippen LogP contribution in [0.1, 0.15) is 58.8 Å². The Labute approximate surface area is 99.8 Å². The van der Waals surface area contributed by atoms with Crippen LogP contribution in [0.3, 0.4) is 0 Å². The molecule has 1 N–H and O–H groups in total. The van der Waals surface area contributed by atoms with Crippen molar-refractivity contribution in [3.05, 3.63) is 0 Å². The van der Waals surface area contributed by atoms with Gasteiger partial charge in [-0.3, -0.25) is 4.79 Å². The zero-order valence-corrected chi connectivity index (χ0v) is 10.9. The third-order valence-corrected chi connectivity index (χ3v) is 2.77. The molecule has 0 atom stereocenters. The van der Waals surface area contributed by atoms with Crippen LogP contribution >= 0.6 is 0 Å². The molecule has 96 valence electrons. The van der Waals surface area contributed by atoms with Crippen molar-refractivity contribution in [2.45, 2.75) is 58.8 Å². The molecule has 3 nitrogen and oxygen atoms in total. The molecule has 0 saturated carbocycles. The van der Waals surface area contributed by atoms with Crippen molar-refractivity contribution >= 4 is 5.91 Å². The lowest BCUT2D eigenvalue weighted by atomic mass is 10.1. The third-order valence-electron chi connectivity index (χ3n) is 2.77. The lowest BCUT2D eigenvalue weighted by Crippen LogP contribution is -2.32. The number of aliphatic hydroxyl groups is 1. The summed E-state index contributed by atoms with van der Waals surface area (Å²) >= 11 is 0. The molecular weight excluding hydrogens is 202 g/mol. The summed E-state index contributed by atoms with van der Waals surface area (Å²) in [7, 11) is 0. The first-order valence-corrected chi connectivity index (χ1v) is 6.64. The summed E-state index contributed by atoms with van der Waals surface area (Å²) in [5.41, 5.74) is 0. The van der Waals surface area contributed by atoms with Gasteiger partial charge >= 0.3 is 0 Å². The number of carbonyl (C=O) groups excluding carboxylic acids is 1. The molecule has 0 aromatic heterocycles. The molecule has 0 saturated heterocycles. The summed E-state index contributed by atoms with van der Waals surface area (Å²) in [6.45, 7) is 5.83. The van der Waals surface area contributed by atoms with Crippen LogP contribution in [0.15, 0.2) is 0 Å². The lowest BCUT2D eigenvalue weighted by molar-refractivity contribution is -0.131. The minimum atomic E-state index is 0.170. The van der Waals surface area contributed by atoms with Crippen molar-refractivity contribution in [2.75, 3.05) is 19.7 Å². The van der Waals surface area contributed by atoms with E-state index in [1.165, 1.54) is 25.7 Å². The minimum absolute atomic E-state index is 0.170. The first-order chi connectivity index (χ1) is 7.76. The van der Waals surface area contributed by atoms with Gasteiger partial charge in [-0.25, -0.2) is 0 Å². The summed E-state index contributed by atoms with van der Waals surface area (Å²) < 4.78 is 0. The van der Waals surface area contributed by atoms with Crippen molar-refractivity contribution in [2.24, 2.45) is 0 Å². The van der Waals surface area contributed by atoms with Gasteiger partial charge in [0.1, 0.15) is 0 Å². The molecule has 0 aliphatic heterocycles. The molecule has 0 aliphatic carbocycles. The highest BCUT2D eigenvalue weighted by molar-refractivity contribution is 5.75. The van der Waals surface area contributed by atoms with E-state index in [2.05, 4.69) is 6.92 Å². The average molecular weight is 229 g/mol. The van der Waals surface area contributed by atoms with Gasteiger partial charge in [0, 0.05) is 26.1 Å². The maximum atomic E-state index is 11.6. The highest BCUT2D eigenvalue weighted by Crippen LogP contribution is 2.05. The Morgan fingerprint density at radius 2 is 1.62 bits per heavy atom. The number of amides is 1. The average Bonchev–Trinajstić information content (AvgIpc) is 2.31. The Morgan fingerprint density at radius 3 is 2.19 bits per heavy atom. The van der Waals surface area contributed by atoms with Gasteiger partial charge in [-0.05, 0) is 12.8 Å². The first-order valence-electron chi connectivity index (χ1n) is 6.64. The van der Waals surface area contributed by atoms with Crippen molar-refractivity contribution in [1.29, 1.82) is 0 Å². The van der Waals surface area contributed by atoms with Gasteiger partial charge in [0.05, 0.1) is 0 Å². The maximum Gasteiger partial charge on any atom is 0.222 e. The second-order valence-electron chi connectivity index (χ2n) is 4.23. The molecule has 0 fully saturated rings. The molecule has 1 amide bonds. The fraction of sp³-hybridized carbons (Fsp3) is 0.923. The molecule has 0 rings (SSSR count). The van der Waals surface area contributed by atoms with E-state index in [0.717, 1.165) is 13.0 Å². The minimum Gasteiger partial charge on any atom is -0.396 e. The van der Waals surface area contributed by atoms with E-state index in [9.17, 15) is 4.79 Å². The molecule has 0 aromatic carbocycles. The Bertz CT molecular complexity index is 171. The Hall–Kier alpha value is -0.570. The number of rotatable bonds is 10. The Morgan fingerprint density at radius 1 is 1.00 bits per heavy atom. The molecule has 16 heavy (non-hydrogen) atoms. The number of carbonyl (C=O) groups is 1. The van der Waals surface area contributed by atoms with E-state index in [-0.39, 0.29) is 12.5 Å². The molecule has 0 aliphatic rings. The van der Waals surface area contributed by atoms with Crippen LogP contribution in [0.5, 0.6) is 0 Å². The molecule has 0 heterocycles. The van der Waals surface area contributed by atoms with Crippen LogP contribution in [0.25, 0.3) is 0 Å². The van der Waals surface area contributed by atoms with E-state index in [1.54, 1.807) is 0 Å². The standard InChI is InChI=1S/C13H27NO2/c1-3-5-6-7-8-10-14(11-9-12-15)13(16)4-2/h15H,3-12H2,1-2H3. The van der Waals surface area contributed by atoms with Crippen molar-refractivity contribution in [3.63, 3.8) is 0 Å². The molecule has 0 unspecified atom stereocenters. The monoisotopic (exact) mass is 229 g/mol. The zero-order chi connectivity index (χ0) is 12.2. The fourth-order valence-electron chi connectivity index (χ4n) is 1.75. The van der Waals surface area contributed by atoms with Crippen LogP contribution < -0.4 is 0 Å². The maximum absolute atomic E-state index is 11.6. The van der Waals surface area contributed by atoms with Gasteiger partial charge in [-0.15, -0.1) is 0 Å². The zero-order valence-electron chi connectivity index (χ0n) is 10.9. The van der Waals surface area contributed by atoms with E-state index in [4.69, 9.17) is 5.11 Å². The first kappa shape index (κ1) is 15.4. The van der Waals surface area contributed by atoms with Crippen LogP contribution in [-0.4, -0.2) is 35.6 Å². The normalized spacial score (nSPS) is 10.4. The Kier molecular flexibility index (Phi) is 10.5. The van der Waals surface area contributed by atoms with Gasteiger partial charge in [0.2, 0.25) is 5.91 Å². The van der Waals surface area contributed by atoms with E-state index in [0.29, 0.717) is 19.4 Å². The van der Waals surface area contributed by atoms with Crippen molar-refractivity contribution < 1.29 is 9.90 Å². The number of hydrogen-bond donors (Lipinski definition) is 1. The van der Waals surface area contributed by atoms with Crippen LogP contribution in [0.2, 0.25) is 0 Å². The smallest absolute Gasteiger partial charge is 0.222 e. The Balaban J connectivity index is 3.69. The quantitative estimate of drug-likeness (QED) is 0.585. The van der Waals surface area contributed by atoms with Gasteiger partial charge in [0.25, 0.3) is 0 Å². The van der Waals surface area contributed by atoms with E-state index < -0.39 is 0 Å².